The highest BCUT2D eigenvalue weighted by molar-refractivity contribution is 5.87. The van der Waals surface area contributed by atoms with E-state index in [1.165, 1.54) is 0 Å². The Morgan fingerprint density at radius 1 is 1.35 bits per heavy atom. The number of nitrogens with zero attached hydrogens (tertiary/aromatic N) is 2. The van der Waals surface area contributed by atoms with Crippen LogP contribution < -0.4 is 4.90 Å². The second-order valence-electron chi connectivity index (χ2n) is 4.48. The Balaban J connectivity index is 2.30. The fourth-order valence-corrected chi connectivity index (χ4v) is 2.20. The minimum absolute atomic E-state index is 0.0184. The minimum atomic E-state index is -0.460. The summed E-state index contributed by atoms with van der Waals surface area (Å²) < 4.78 is 0. The van der Waals surface area contributed by atoms with Crippen LogP contribution >= 0.6 is 0 Å². The Bertz CT molecular complexity index is 394. The van der Waals surface area contributed by atoms with Gasteiger partial charge in [0.25, 0.3) is 0 Å². The van der Waals surface area contributed by atoms with Gasteiger partial charge in [-0.2, -0.15) is 0 Å². The van der Waals surface area contributed by atoms with E-state index in [1.807, 2.05) is 42.2 Å². The second-order valence-corrected chi connectivity index (χ2v) is 4.48. The first-order chi connectivity index (χ1) is 8.15. The van der Waals surface area contributed by atoms with Crippen molar-refractivity contribution >= 4 is 11.6 Å². The zero-order valence-electron chi connectivity index (χ0n) is 10.2. The van der Waals surface area contributed by atoms with Crippen molar-refractivity contribution in [2.75, 3.05) is 25.1 Å². The fraction of sp³-hybridized carbons (Fsp3) is 0.462. The van der Waals surface area contributed by atoms with Crippen molar-refractivity contribution in [1.82, 2.24) is 4.90 Å². The van der Waals surface area contributed by atoms with Gasteiger partial charge in [-0.15, -0.1) is 0 Å². The maximum Gasteiger partial charge on any atom is 0.247 e. The third-order valence-corrected chi connectivity index (χ3v) is 3.39. The number of benzene rings is 1. The zero-order valence-corrected chi connectivity index (χ0v) is 10.2. The lowest BCUT2D eigenvalue weighted by Crippen LogP contribution is -2.61. The van der Waals surface area contributed by atoms with E-state index in [-0.39, 0.29) is 18.6 Å². The summed E-state index contributed by atoms with van der Waals surface area (Å²) in [7, 11) is 1.79. The average Bonchev–Trinajstić information content (AvgIpc) is 2.36. The van der Waals surface area contributed by atoms with Crippen LogP contribution in [0.2, 0.25) is 0 Å². The van der Waals surface area contributed by atoms with Crippen LogP contribution in [0.5, 0.6) is 0 Å². The molecule has 92 valence electrons. The molecule has 1 aromatic rings. The van der Waals surface area contributed by atoms with E-state index < -0.39 is 6.04 Å². The number of hydrogen-bond donors (Lipinski definition) is 1. The van der Waals surface area contributed by atoms with Crippen LogP contribution in [-0.4, -0.2) is 48.2 Å². The molecule has 1 aliphatic rings. The maximum absolute atomic E-state index is 12.1. The van der Waals surface area contributed by atoms with E-state index in [1.54, 1.807) is 11.9 Å². The lowest BCUT2D eigenvalue weighted by atomic mass is 10.1. The number of anilines is 1. The first kappa shape index (κ1) is 11.9. The molecule has 0 saturated carbocycles. The SMILES string of the molecule is CC1CN(c2ccccc2)C(CO)C(=O)N1C. The highest BCUT2D eigenvalue weighted by Crippen LogP contribution is 2.22. The molecule has 0 spiro atoms. The molecule has 1 aliphatic heterocycles. The van der Waals surface area contributed by atoms with Gasteiger partial charge in [-0.25, -0.2) is 0 Å². The molecule has 4 heteroatoms. The van der Waals surface area contributed by atoms with Crippen molar-refractivity contribution in [1.29, 1.82) is 0 Å². The van der Waals surface area contributed by atoms with Gasteiger partial charge in [0.05, 0.1) is 6.61 Å². The van der Waals surface area contributed by atoms with E-state index in [0.29, 0.717) is 0 Å². The van der Waals surface area contributed by atoms with Crippen molar-refractivity contribution in [2.45, 2.75) is 19.0 Å². The second kappa shape index (κ2) is 4.75. The number of piperazine rings is 1. The molecule has 2 rings (SSSR count). The predicted molar refractivity (Wildman–Crippen MR) is 66.9 cm³/mol. The highest BCUT2D eigenvalue weighted by Gasteiger charge is 2.36. The molecular formula is C13H18N2O2. The van der Waals surface area contributed by atoms with Gasteiger partial charge >= 0.3 is 0 Å². The standard InChI is InChI=1S/C13H18N2O2/c1-10-8-15(11-6-4-3-5-7-11)12(9-16)13(17)14(10)2/h3-7,10,12,16H,8-9H2,1-2H3. The van der Waals surface area contributed by atoms with Gasteiger partial charge in [-0.1, -0.05) is 18.2 Å². The van der Waals surface area contributed by atoms with Crippen LogP contribution in [0.25, 0.3) is 0 Å². The molecule has 1 saturated heterocycles. The van der Waals surface area contributed by atoms with Gasteiger partial charge in [-0.05, 0) is 19.1 Å². The zero-order chi connectivity index (χ0) is 12.4. The lowest BCUT2D eigenvalue weighted by molar-refractivity contribution is -0.136. The summed E-state index contributed by atoms with van der Waals surface area (Å²) in [5.74, 6) is -0.0184. The van der Waals surface area contributed by atoms with E-state index in [4.69, 9.17) is 0 Å². The van der Waals surface area contributed by atoms with Crippen molar-refractivity contribution in [3.63, 3.8) is 0 Å². The third-order valence-electron chi connectivity index (χ3n) is 3.39. The largest absolute Gasteiger partial charge is 0.394 e. The van der Waals surface area contributed by atoms with Gasteiger partial charge in [0.15, 0.2) is 0 Å². The van der Waals surface area contributed by atoms with Crippen LogP contribution in [-0.2, 0) is 4.79 Å². The van der Waals surface area contributed by atoms with Crippen molar-refractivity contribution in [3.8, 4) is 0 Å². The topological polar surface area (TPSA) is 43.8 Å². The molecule has 1 heterocycles. The Kier molecular flexibility index (Phi) is 3.33. The lowest BCUT2D eigenvalue weighted by Gasteiger charge is -2.43. The summed E-state index contributed by atoms with van der Waals surface area (Å²) in [6.45, 7) is 2.61. The first-order valence-electron chi connectivity index (χ1n) is 5.84. The summed E-state index contributed by atoms with van der Waals surface area (Å²) in [5.41, 5.74) is 0.986. The number of aliphatic hydroxyl groups excluding tert-OH is 1. The molecule has 4 nitrogen and oxygen atoms in total. The maximum atomic E-state index is 12.1. The molecule has 1 fully saturated rings. The van der Waals surface area contributed by atoms with Crippen molar-refractivity contribution in [2.24, 2.45) is 0 Å². The number of aliphatic hydroxyl groups is 1. The molecular weight excluding hydrogens is 216 g/mol. The fourth-order valence-electron chi connectivity index (χ4n) is 2.20. The van der Waals surface area contributed by atoms with Crippen LogP contribution in [0.3, 0.4) is 0 Å². The molecule has 0 aromatic heterocycles. The average molecular weight is 234 g/mol. The number of carbonyl (C=O) groups is 1. The van der Waals surface area contributed by atoms with Crippen LogP contribution in [0.15, 0.2) is 30.3 Å². The van der Waals surface area contributed by atoms with Gasteiger partial charge in [0.2, 0.25) is 5.91 Å². The van der Waals surface area contributed by atoms with Gasteiger partial charge in [0, 0.05) is 25.3 Å². The summed E-state index contributed by atoms with van der Waals surface area (Å²) >= 11 is 0. The third kappa shape index (κ3) is 2.13. The summed E-state index contributed by atoms with van der Waals surface area (Å²) in [6.07, 6.45) is 0. The highest BCUT2D eigenvalue weighted by atomic mass is 16.3. The first-order valence-corrected chi connectivity index (χ1v) is 5.84. The molecule has 2 unspecified atom stereocenters. The molecule has 0 radical (unpaired) electrons. The van der Waals surface area contributed by atoms with E-state index in [2.05, 4.69) is 0 Å². The number of rotatable bonds is 2. The molecule has 1 N–H and O–H groups in total. The number of likely N-dealkylation sites (N-methyl/N-ethyl adjacent to an activating group) is 1. The molecule has 2 atom stereocenters. The summed E-state index contributed by atoms with van der Waals surface area (Å²) in [4.78, 5) is 15.8. The Morgan fingerprint density at radius 3 is 2.59 bits per heavy atom. The number of carbonyl (C=O) groups excluding carboxylic acids is 1. The molecule has 1 aromatic carbocycles. The minimum Gasteiger partial charge on any atom is -0.394 e. The predicted octanol–water partition coefficient (Wildman–Crippen LogP) is 0.714. The van der Waals surface area contributed by atoms with E-state index >= 15 is 0 Å². The molecule has 17 heavy (non-hydrogen) atoms. The van der Waals surface area contributed by atoms with Crippen molar-refractivity contribution in [3.05, 3.63) is 30.3 Å². The van der Waals surface area contributed by atoms with Crippen LogP contribution in [0.1, 0.15) is 6.92 Å². The number of hydrogen-bond acceptors (Lipinski definition) is 3. The Labute approximate surface area is 101 Å². The van der Waals surface area contributed by atoms with Gasteiger partial charge in [-0.3, -0.25) is 4.79 Å². The molecule has 0 aliphatic carbocycles. The van der Waals surface area contributed by atoms with Gasteiger partial charge < -0.3 is 14.9 Å². The summed E-state index contributed by atoms with van der Waals surface area (Å²) in [6, 6.07) is 9.46. The smallest absolute Gasteiger partial charge is 0.247 e. The Hall–Kier alpha value is -1.55. The molecule has 0 bridgehead atoms. The van der Waals surface area contributed by atoms with E-state index in [0.717, 1.165) is 12.2 Å². The quantitative estimate of drug-likeness (QED) is 0.820. The van der Waals surface area contributed by atoms with Crippen molar-refractivity contribution < 1.29 is 9.90 Å². The van der Waals surface area contributed by atoms with Crippen LogP contribution in [0.4, 0.5) is 5.69 Å². The van der Waals surface area contributed by atoms with E-state index in [9.17, 15) is 9.90 Å². The Morgan fingerprint density at radius 2 is 2.00 bits per heavy atom. The molecule has 1 amide bonds. The normalized spacial score (nSPS) is 25.2. The number of para-hydroxylation sites is 1. The summed E-state index contributed by atoms with van der Waals surface area (Å²) in [5, 5.41) is 9.41. The van der Waals surface area contributed by atoms with Crippen LogP contribution in [0, 0.1) is 0 Å². The van der Waals surface area contributed by atoms with Gasteiger partial charge in [0.1, 0.15) is 6.04 Å². The number of amides is 1. The monoisotopic (exact) mass is 234 g/mol.